The van der Waals surface area contributed by atoms with Gasteiger partial charge in [0.2, 0.25) is 0 Å². The number of aromatic nitrogens is 2. The molecule has 98 valence electrons. The molecule has 9 heteroatoms. The van der Waals surface area contributed by atoms with Gasteiger partial charge in [0.05, 0.1) is 17.0 Å². The third-order valence-electron chi connectivity index (χ3n) is 1.99. The normalized spacial score (nSPS) is 10.3. The first-order valence-electron chi connectivity index (χ1n) is 4.99. The monoisotopic (exact) mass is 297 g/mol. The maximum absolute atomic E-state index is 10.5. The van der Waals surface area contributed by atoms with E-state index in [1.54, 1.807) is 5.38 Å². The molecule has 0 fully saturated rings. The van der Waals surface area contributed by atoms with Crippen LogP contribution in [0.4, 0.5) is 5.69 Å². The zero-order valence-corrected chi connectivity index (χ0v) is 11.0. The number of aliphatic carboxylic acids is 1. The van der Waals surface area contributed by atoms with E-state index in [0.29, 0.717) is 15.1 Å². The molecule has 19 heavy (non-hydrogen) atoms. The lowest BCUT2D eigenvalue weighted by molar-refractivity contribution is -0.385. The summed E-state index contributed by atoms with van der Waals surface area (Å²) in [6.45, 7) is 0. The van der Waals surface area contributed by atoms with Crippen LogP contribution >= 0.6 is 23.1 Å². The van der Waals surface area contributed by atoms with Gasteiger partial charge < -0.3 is 5.11 Å². The maximum Gasteiger partial charge on any atom is 0.309 e. The summed E-state index contributed by atoms with van der Waals surface area (Å²) in [5.41, 5.74) is 0.414. The average molecular weight is 297 g/mol. The molecule has 0 aliphatic carbocycles. The predicted octanol–water partition coefficient (Wildman–Crippen LogP) is 2.22. The summed E-state index contributed by atoms with van der Waals surface area (Å²) in [5, 5.41) is 21.3. The third-order valence-corrected chi connectivity index (χ3v) is 3.92. The smallest absolute Gasteiger partial charge is 0.309 e. The Bertz CT molecular complexity index is 611. The molecule has 0 amide bonds. The van der Waals surface area contributed by atoms with Crippen molar-refractivity contribution in [1.29, 1.82) is 0 Å². The molecule has 2 rings (SSSR count). The number of hydrogen-bond acceptors (Lipinski definition) is 7. The summed E-state index contributed by atoms with van der Waals surface area (Å²) < 4.78 is 0.651. The molecular formula is C10H7N3O4S2. The SMILES string of the molecule is O=C(O)Cc1csc(Sc2ccc([N+](=O)[O-])cn2)n1. The van der Waals surface area contributed by atoms with Crippen LogP contribution in [0.15, 0.2) is 33.1 Å². The van der Waals surface area contributed by atoms with Crippen molar-refractivity contribution >= 4 is 34.8 Å². The van der Waals surface area contributed by atoms with Crippen LogP contribution in [0.2, 0.25) is 0 Å². The van der Waals surface area contributed by atoms with Crippen molar-refractivity contribution in [3.8, 4) is 0 Å². The van der Waals surface area contributed by atoms with Crippen molar-refractivity contribution in [3.63, 3.8) is 0 Å². The van der Waals surface area contributed by atoms with Crippen molar-refractivity contribution in [2.45, 2.75) is 15.8 Å². The zero-order valence-electron chi connectivity index (χ0n) is 9.35. The molecule has 7 nitrogen and oxygen atoms in total. The molecule has 0 saturated carbocycles. The van der Waals surface area contributed by atoms with Gasteiger partial charge in [0.15, 0.2) is 4.34 Å². The predicted molar refractivity (Wildman–Crippen MR) is 68.5 cm³/mol. The molecule has 0 aliphatic rings. The van der Waals surface area contributed by atoms with E-state index in [0.717, 1.165) is 0 Å². The van der Waals surface area contributed by atoms with E-state index in [1.807, 2.05) is 0 Å². The number of carboxylic acids is 1. The molecule has 1 N–H and O–H groups in total. The van der Waals surface area contributed by atoms with Crippen molar-refractivity contribution < 1.29 is 14.8 Å². The quantitative estimate of drug-likeness (QED) is 0.666. The molecule has 2 aromatic heterocycles. The van der Waals surface area contributed by atoms with Crippen molar-refractivity contribution in [1.82, 2.24) is 9.97 Å². The molecule has 0 bridgehead atoms. The Balaban J connectivity index is 2.06. The highest BCUT2D eigenvalue weighted by molar-refractivity contribution is 8.01. The maximum atomic E-state index is 10.5. The molecule has 0 saturated heterocycles. The van der Waals surface area contributed by atoms with Gasteiger partial charge in [0.1, 0.15) is 11.2 Å². The fraction of sp³-hybridized carbons (Fsp3) is 0.100. The van der Waals surface area contributed by atoms with Gasteiger partial charge in [0, 0.05) is 11.4 Å². The Morgan fingerprint density at radius 3 is 2.89 bits per heavy atom. The highest BCUT2D eigenvalue weighted by Gasteiger charge is 2.10. The van der Waals surface area contributed by atoms with Crippen LogP contribution in [0, 0.1) is 10.1 Å². The van der Waals surface area contributed by atoms with Gasteiger partial charge in [-0.1, -0.05) is 0 Å². The van der Waals surface area contributed by atoms with Crippen molar-refractivity contribution in [2.75, 3.05) is 0 Å². The largest absolute Gasteiger partial charge is 0.481 e. The van der Waals surface area contributed by atoms with Gasteiger partial charge in [-0.3, -0.25) is 14.9 Å². The average Bonchev–Trinajstić information content (AvgIpc) is 2.76. The topological polar surface area (TPSA) is 106 Å². The highest BCUT2D eigenvalue weighted by Crippen LogP contribution is 2.29. The molecule has 0 aromatic carbocycles. The number of rotatable bonds is 5. The summed E-state index contributed by atoms with van der Waals surface area (Å²) in [7, 11) is 0. The Morgan fingerprint density at radius 2 is 2.32 bits per heavy atom. The van der Waals surface area contributed by atoms with Crippen molar-refractivity contribution in [2.24, 2.45) is 0 Å². The van der Waals surface area contributed by atoms with Crippen LogP contribution in [0.5, 0.6) is 0 Å². The number of thiazole rings is 1. The Kier molecular flexibility index (Phi) is 4.07. The number of nitrogens with zero attached hydrogens (tertiary/aromatic N) is 3. The molecule has 0 atom stereocenters. The first-order valence-corrected chi connectivity index (χ1v) is 6.68. The number of carbonyl (C=O) groups is 1. The van der Waals surface area contributed by atoms with Gasteiger partial charge in [-0.15, -0.1) is 11.3 Å². The Morgan fingerprint density at radius 1 is 1.53 bits per heavy atom. The van der Waals surface area contributed by atoms with Crippen LogP contribution in [-0.4, -0.2) is 26.0 Å². The number of nitro groups is 1. The van der Waals surface area contributed by atoms with Gasteiger partial charge in [-0.2, -0.15) is 0 Å². The summed E-state index contributed by atoms with van der Waals surface area (Å²) in [5.74, 6) is -0.935. The summed E-state index contributed by atoms with van der Waals surface area (Å²) >= 11 is 2.55. The fourth-order valence-electron chi connectivity index (χ4n) is 1.20. The molecule has 2 heterocycles. The highest BCUT2D eigenvalue weighted by atomic mass is 32.2. The van der Waals surface area contributed by atoms with Gasteiger partial charge >= 0.3 is 5.97 Å². The van der Waals surface area contributed by atoms with E-state index in [1.165, 1.54) is 41.4 Å². The number of pyridine rings is 1. The van der Waals surface area contributed by atoms with Gasteiger partial charge in [0.25, 0.3) is 5.69 Å². The first kappa shape index (κ1) is 13.4. The second kappa shape index (κ2) is 5.76. The molecule has 0 spiro atoms. The Hall–Kier alpha value is -2.00. The van der Waals surface area contributed by atoms with Crippen LogP contribution in [0.1, 0.15) is 5.69 Å². The minimum Gasteiger partial charge on any atom is -0.481 e. The lowest BCUT2D eigenvalue weighted by Gasteiger charge is -1.96. The number of carboxylic acid groups (broad SMARTS) is 1. The minimum atomic E-state index is -0.935. The van der Waals surface area contributed by atoms with Crippen LogP contribution in [0.3, 0.4) is 0 Å². The molecule has 0 unspecified atom stereocenters. The first-order chi connectivity index (χ1) is 9.04. The van der Waals surface area contributed by atoms with Crippen molar-refractivity contribution in [3.05, 3.63) is 39.5 Å². The second-order valence-corrected chi connectivity index (χ2v) is 5.51. The summed E-state index contributed by atoms with van der Waals surface area (Å²) in [6.07, 6.45) is 1.05. The van der Waals surface area contributed by atoms with Crippen LogP contribution in [-0.2, 0) is 11.2 Å². The van der Waals surface area contributed by atoms with Gasteiger partial charge in [-0.25, -0.2) is 9.97 Å². The van der Waals surface area contributed by atoms with Crippen LogP contribution in [0.25, 0.3) is 0 Å². The van der Waals surface area contributed by atoms with E-state index in [-0.39, 0.29) is 12.1 Å². The zero-order chi connectivity index (χ0) is 13.8. The molecule has 0 radical (unpaired) electrons. The minimum absolute atomic E-state index is 0.0740. The van der Waals surface area contributed by atoms with E-state index >= 15 is 0 Å². The molecule has 0 aliphatic heterocycles. The standard InChI is InChI=1S/C10H7N3O4S2/c14-9(15)3-6-5-18-10(12-6)19-8-2-1-7(4-11-8)13(16)17/h1-2,4-5H,3H2,(H,14,15). The molecular weight excluding hydrogens is 290 g/mol. The van der Waals surface area contributed by atoms with E-state index < -0.39 is 10.9 Å². The van der Waals surface area contributed by atoms with E-state index in [2.05, 4.69) is 9.97 Å². The Labute approximate surface area is 115 Å². The lowest BCUT2D eigenvalue weighted by Crippen LogP contribution is -1.99. The van der Waals surface area contributed by atoms with E-state index in [9.17, 15) is 14.9 Å². The van der Waals surface area contributed by atoms with Crippen LogP contribution < -0.4 is 0 Å². The third kappa shape index (κ3) is 3.73. The summed E-state index contributed by atoms with van der Waals surface area (Å²) in [4.78, 5) is 28.5. The molecule has 2 aromatic rings. The lowest BCUT2D eigenvalue weighted by atomic mass is 10.3. The fourth-order valence-corrected chi connectivity index (χ4v) is 2.92. The van der Waals surface area contributed by atoms with Gasteiger partial charge in [-0.05, 0) is 17.8 Å². The summed E-state index contributed by atoms with van der Waals surface area (Å²) in [6, 6.07) is 2.89. The van der Waals surface area contributed by atoms with E-state index in [4.69, 9.17) is 5.11 Å². The second-order valence-electron chi connectivity index (χ2n) is 3.39. The number of hydrogen-bond donors (Lipinski definition) is 1.